The molecular weight excluding hydrogens is 442 g/mol. The summed E-state index contributed by atoms with van der Waals surface area (Å²) in [6.45, 7) is 5.20. The number of thioether (sulfide) groups is 1. The van der Waals surface area contributed by atoms with Crippen LogP contribution in [-0.2, 0) is 14.6 Å². The van der Waals surface area contributed by atoms with Gasteiger partial charge in [0.2, 0.25) is 0 Å². The Kier molecular flexibility index (Phi) is 7.81. The summed E-state index contributed by atoms with van der Waals surface area (Å²) in [5.41, 5.74) is 0.805. The number of amides is 1. The molecule has 0 N–H and O–H groups in total. The van der Waals surface area contributed by atoms with Crippen LogP contribution in [0.4, 0.5) is 0 Å². The van der Waals surface area contributed by atoms with Gasteiger partial charge in [-0.05, 0) is 43.5 Å². The van der Waals surface area contributed by atoms with E-state index in [9.17, 15) is 13.2 Å². The number of hydrogen-bond donors (Lipinski definition) is 0. The van der Waals surface area contributed by atoms with Crippen molar-refractivity contribution in [2.75, 3.05) is 24.7 Å². The first-order valence-electron chi connectivity index (χ1n) is 10.2. The minimum Gasteiger partial charge on any atom is -0.490 e. The molecule has 1 unspecified atom stereocenters. The van der Waals surface area contributed by atoms with Gasteiger partial charge in [-0.2, -0.15) is 0 Å². The maximum atomic E-state index is 12.9. The van der Waals surface area contributed by atoms with Crippen molar-refractivity contribution in [3.8, 4) is 11.5 Å². The molecule has 0 bridgehead atoms. The second-order valence-corrected chi connectivity index (χ2v) is 11.2. The summed E-state index contributed by atoms with van der Waals surface area (Å²) in [4.78, 5) is 14.8. The zero-order chi connectivity index (χ0) is 21.7. The molecule has 2 heterocycles. The molecular formula is C21H27NO5S3. The van der Waals surface area contributed by atoms with Crippen LogP contribution >= 0.6 is 24.0 Å². The third-order valence-corrected chi connectivity index (χ3v) is 8.05. The highest BCUT2D eigenvalue weighted by Gasteiger charge is 2.42. The average molecular weight is 470 g/mol. The van der Waals surface area contributed by atoms with Gasteiger partial charge in [0.1, 0.15) is 4.32 Å². The van der Waals surface area contributed by atoms with Crippen molar-refractivity contribution in [3.05, 3.63) is 28.7 Å². The van der Waals surface area contributed by atoms with E-state index in [-0.39, 0.29) is 23.5 Å². The lowest BCUT2D eigenvalue weighted by Gasteiger charge is -2.20. The van der Waals surface area contributed by atoms with Gasteiger partial charge in [-0.1, -0.05) is 49.8 Å². The number of benzene rings is 1. The lowest BCUT2D eigenvalue weighted by molar-refractivity contribution is -0.123. The van der Waals surface area contributed by atoms with Crippen LogP contribution in [0.3, 0.4) is 0 Å². The van der Waals surface area contributed by atoms with Crippen molar-refractivity contribution in [2.24, 2.45) is 0 Å². The zero-order valence-electron chi connectivity index (χ0n) is 17.3. The molecule has 1 aromatic carbocycles. The standard InChI is InChI=1S/C21H27NO5S3/c1-3-5-6-10-27-17-8-7-15(12-18(17)26-4-2)13-19-20(23)22(21(28)29-19)16-9-11-30(24,25)14-16/h7-8,12-13,16H,3-6,9-11,14H2,1-2H3/b19-13+. The maximum Gasteiger partial charge on any atom is 0.266 e. The molecule has 1 amide bonds. The van der Waals surface area contributed by atoms with E-state index in [4.69, 9.17) is 21.7 Å². The lowest BCUT2D eigenvalue weighted by atomic mass is 10.1. The van der Waals surface area contributed by atoms with Gasteiger partial charge in [0.05, 0.1) is 35.7 Å². The number of nitrogens with zero attached hydrogens (tertiary/aromatic N) is 1. The molecule has 6 nitrogen and oxygen atoms in total. The van der Waals surface area contributed by atoms with Gasteiger partial charge in [-0.15, -0.1) is 0 Å². The normalized spacial score (nSPS) is 22.1. The van der Waals surface area contributed by atoms with E-state index < -0.39 is 9.84 Å². The quantitative estimate of drug-likeness (QED) is 0.307. The fraction of sp³-hybridized carbons (Fsp3) is 0.524. The number of unbranched alkanes of at least 4 members (excludes halogenated alkanes) is 2. The Bertz CT molecular complexity index is 942. The number of carbonyl (C=O) groups is 1. The van der Waals surface area contributed by atoms with E-state index >= 15 is 0 Å². The summed E-state index contributed by atoms with van der Waals surface area (Å²) in [5.74, 6) is 1.18. The Hall–Kier alpha value is -1.58. The van der Waals surface area contributed by atoms with E-state index in [1.54, 1.807) is 6.08 Å². The van der Waals surface area contributed by atoms with E-state index in [2.05, 4.69) is 6.92 Å². The molecule has 1 aromatic rings. The van der Waals surface area contributed by atoms with Crippen molar-refractivity contribution in [1.29, 1.82) is 0 Å². The first-order valence-corrected chi connectivity index (χ1v) is 13.3. The first-order chi connectivity index (χ1) is 14.3. The lowest BCUT2D eigenvalue weighted by Crippen LogP contribution is -2.39. The molecule has 0 radical (unpaired) electrons. The van der Waals surface area contributed by atoms with E-state index in [1.165, 1.54) is 16.7 Å². The predicted octanol–water partition coefficient (Wildman–Crippen LogP) is 4.04. The molecule has 2 saturated heterocycles. The molecule has 0 aliphatic carbocycles. The molecule has 2 fully saturated rings. The highest BCUT2D eigenvalue weighted by atomic mass is 32.2. The van der Waals surface area contributed by atoms with Crippen molar-refractivity contribution >= 4 is 50.1 Å². The molecule has 2 aliphatic rings. The summed E-state index contributed by atoms with van der Waals surface area (Å²) in [5, 5.41) is 0. The largest absolute Gasteiger partial charge is 0.490 e. The Labute approximate surface area is 187 Å². The number of rotatable bonds is 9. The summed E-state index contributed by atoms with van der Waals surface area (Å²) < 4.78 is 35.6. The summed E-state index contributed by atoms with van der Waals surface area (Å²) in [6, 6.07) is 5.22. The monoisotopic (exact) mass is 469 g/mol. The molecule has 30 heavy (non-hydrogen) atoms. The number of sulfone groups is 1. The smallest absolute Gasteiger partial charge is 0.266 e. The third-order valence-electron chi connectivity index (χ3n) is 4.97. The van der Waals surface area contributed by atoms with Crippen molar-refractivity contribution in [2.45, 2.75) is 45.6 Å². The van der Waals surface area contributed by atoms with Gasteiger partial charge in [0.15, 0.2) is 21.3 Å². The minimum atomic E-state index is -3.10. The van der Waals surface area contributed by atoms with Gasteiger partial charge in [-0.25, -0.2) is 8.42 Å². The van der Waals surface area contributed by atoms with Gasteiger partial charge in [-0.3, -0.25) is 9.69 Å². The number of carbonyl (C=O) groups excluding carboxylic acids is 1. The molecule has 1 atom stereocenters. The Morgan fingerprint density at radius 1 is 1.23 bits per heavy atom. The molecule has 164 valence electrons. The zero-order valence-corrected chi connectivity index (χ0v) is 19.7. The molecule has 0 aromatic heterocycles. The SMILES string of the molecule is CCCCCOc1ccc(/C=C2/SC(=S)N(C3CCS(=O)(=O)C3)C2=O)cc1OCC. The molecule has 0 spiro atoms. The van der Waals surface area contributed by atoms with Crippen LogP contribution in [0, 0.1) is 0 Å². The van der Waals surface area contributed by atoms with Gasteiger partial charge in [0.25, 0.3) is 5.91 Å². The van der Waals surface area contributed by atoms with Gasteiger partial charge < -0.3 is 9.47 Å². The van der Waals surface area contributed by atoms with E-state index in [1.807, 2.05) is 25.1 Å². The Morgan fingerprint density at radius 3 is 2.70 bits per heavy atom. The second-order valence-electron chi connectivity index (χ2n) is 7.30. The predicted molar refractivity (Wildman–Crippen MR) is 125 cm³/mol. The summed E-state index contributed by atoms with van der Waals surface area (Å²) >= 11 is 6.58. The summed E-state index contributed by atoms with van der Waals surface area (Å²) in [6.07, 6.45) is 5.44. The van der Waals surface area contributed by atoms with Gasteiger partial charge in [0, 0.05) is 0 Å². The number of ether oxygens (including phenoxy) is 2. The van der Waals surface area contributed by atoms with Crippen LogP contribution in [0.2, 0.25) is 0 Å². The van der Waals surface area contributed by atoms with Crippen molar-refractivity contribution in [1.82, 2.24) is 4.90 Å². The topological polar surface area (TPSA) is 72.9 Å². The maximum absolute atomic E-state index is 12.9. The van der Waals surface area contributed by atoms with Crippen LogP contribution in [0.5, 0.6) is 11.5 Å². The number of hydrogen-bond acceptors (Lipinski definition) is 7. The number of thiocarbonyl (C=S) groups is 1. The molecule has 2 aliphatic heterocycles. The first kappa shape index (κ1) is 23.1. The summed E-state index contributed by atoms with van der Waals surface area (Å²) in [7, 11) is -3.10. The molecule has 9 heteroatoms. The van der Waals surface area contributed by atoms with Crippen LogP contribution < -0.4 is 9.47 Å². The fourth-order valence-corrected chi connectivity index (χ4v) is 6.56. The minimum absolute atomic E-state index is 0.0225. The van der Waals surface area contributed by atoms with Crippen molar-refractivity contribution < 1.29 is 22.7 Å². The average Bonchev–Trinajstić information content (AvgIpc) is 3.18. The highest BCUT2D eigenvalue weighted by Crippen LogP contribution is 2.37. The van der Waals surface area contributed by atoms with Gasteiger partial charge >= 0.3 is 0 Å². The molecule has 0 saturated carbocycles. The van der Waals surface area contributed by atoms with Crippen LogP contribution in [0.15, 0.2) is 23.1 Å². The van der Waals surface area contributed by atoms with Crippen LogP contribution in [0.25, 0.3) is 6.08 Å². The van der Waals surface area contributed by atoms with Crippen LogP contribution in [-0.4, -0.2) is 54.3 Å². The molecule has 3 rings (SSSR count). The Balaban J connectivity index is 1.76. The third kappa shape index (κ3) is 5.56. The van der Waals surface area contributed by atoms with E-state index in [0.717, 1.165) is 24.8 Å². The fourth-order valence-electron chi connectivity index (χ4n) is 3.46. The highest BCUT2D eigenvalue weighted by molar-refractivity contribution is 8.26. The van der Waals surface area contributed by atoms with E-state index in [0.29, 0.717) is 40.4 Å². The van der Waals surface area contributed by atoms with Crippen LogP contribution in [0.1, 0.15) is 45.1 Å². The second kappa shape index (κ2) is 10.2. The Morgan fingerprint density at radius 2 is 2.03 bits per heavy atom. The van der Waals surface area contributed by atoms with Crippen molar-refractivity contribution in [3.63, 3.8) is 0 Å².